The first kappa shape index (κ1) is 12.3. The Balaban J connectivity index is 2.36. The fraction of sp³-hybridized carbons (Fsp3) is 0.308. The number of aromatic nitrogens is 2. The summed E-state index contributed by atoms with van der Waals surface area (Å²) in [5.74, 6) is 0.899. The van der Waals surface area contributed by atoms with Gasteiger partial charge in [0.1, 0.15) is 5.76 Å². The number of hydrogen-bond donors (Lipinski definition) is 0. The third-order valence-electron chi connectivity index (χ3n) is 2.57. The fourth-order valence-electron chi connectivity index (χ4n) is 1.62. The lowest BCUT2D eigenvalue weighted by Crippen LogP contribution is -2.09. The standard InChI is InChI=1S/C13H14N2O3/c1-4-17-13(16)11-7-14-12(15-8(11)2)10-5-6-18-9(10)3/h5-7H,4H2,1-3H3. The molecule has 0 aromatic carbocycles. The van der Waals surface area contributed by atoms with E-state index in [1.54, 1.807) is 26.2 Å². The van der Waals surface area contributed by atoms with Crippen molar-refractivity contribution in [3.05, 3.63) is 35.5 Å². The summed E-state index contributed by atoms with van der Waals surface area (Å²) in [7, 11) is 0. The van der Waals surface area contributed by atoms with Crippen LogP contribution >= 0.6 is 0 Å². The van der Waals surface area contributed by atoms with Gasteiger partial charge in [0.05, 0.1) is 29.7 Å². The molecule has 0 amide bonds. The highest BCUT2D eigenvalue weighted by Gasteiger charge is 2.14. The summed E-state index contributed by atoms with van der Waals surface area (Å²) in [6.07, 6.45) is 3.07. The Morgan fingerprint density at radius 2 is 2.22 bits per heavy atom. The Labute approximate surface area is 105 Å². The molecule has 0 aliphatic heterocycles. The Bertz CT molecular complexity index is 575. The average molecular weight is 246 g/mol. The minimum atomic E-state index is -0.398. The summed E-state index contributed by atoms with van der Waals surface area (Å²) in [4.78, 5) is 20.1. The van der Waals surface area contributed by atoms with Crippen molar-refractivity contribution in [2.24, 2.45) is 0 Å². The zero-order valence-electron chi connectivity index (χ0n) is 10.6. The van der Waals surface area contributed by atoms with E-state index in [1.165, 1.54) is 6.20 Å². The number of carbonyl (C=O) groups excluding carboxylic acids is 1. The lowest BCUT2D eigenvalue weighted by atomic mass is 10.2. The number of nitrogens with zero attached hydrogens (tertiary/aromatic N) is 2. The molecule has 18 heavy (non-hydrogen) atoms. The van der Waals surface area contributed by atoms with Gasteiger partial charge >= 0.3 is 5.97 Å². The van der Waals surface area contributed by atoms with Gasteiger partial charge in [-0.1, -0.05) is 0 Å². The average Bonchev–Trinajstić information content (AvgIpc) is 2.75. The third-order valence-corrected chi connectivity index (χ3v) is 2.57. The number of ether oxygens (including phenoxy) is 1. The van der Waals surface area contributed by atoms with Crippen LogP contribution in [0.1, 0.15) is 28.7 Å². The van der Waals surface area contributed by atoms with Crippen molar-refractivity contribution in [2.75, 3.05) is 6.61 Å². The second-order valence-corrected chi connectivity index (χ2v) is 3.80. The van der Waals surface area contributed by atoms with Crippen LogP contribution in [0.3, 0.4) is 0 Å². The van der Waals surface area contributed by atoms with E-state index in [-0.39, 0.29) is 0 Å². The van der Waals surface area contributed by atoms with Crippen molar-refractivity contribution in [1.29, 1.82) is 0 Å². The van der Waals surface area contributed by atoms with E-state index in [9.17, 15) is 4.79 Å². The van der Waals surface area contributed by atoms with Crippen LogP contribution < -0.4 is 0 Å². The van der Waals surface area contributed by atoms with Gasteiger partial charge < -0.3 is 9.15 Å². The predicted octanol–water partition coefficient (Wildman–Crippen LogP) is 2.53. The Kier molecular flexibility index (Phi) is 3.41. The van der Waals surface area contributed by atoms with Gasteiger partial charge in [-0.2, -0.15) is 0 Å². The lowest BCUT2D eigenvalue weighted by Gasteiger charge is -2.05. The van der Waals surface area contributed by atoms with Crippen LogP contribution in [-0.2, 0) is 4.74 Å². The predicted molar refractivity (Wildman–Crippen MR) is 65.2 cm³/mol. The highest BCUT2D eigenvalue weighted by molar-refractivity contribution is 5.90. The summed E-state index contributed by atoms with van der Waals surface area (Å²) in [5.41, 5.74) is 1.81. The molecule has 0 unspecified atom stereocenters. The molecule has 0 radical (unpaired) electrons. The summed E-state index contributed by atoms with van der Waals surface area (Å²) >= 11 is 0. The molecule has 2 aromatic rings. The highest BCUT2D eigenvalue weighted by atomic mass is 16.5. The second-order valence-electron chi connectivity index (χ2n) is 3.80. The molecule has 0 bridgehead atoms. The third kappa shape index (κ3) is 2.25. The minimum absolute atomic E-state index is 0.334. The molecule has 2 heterocycles. The Morgan fingerprint density at radius 1 is 1.44 bits per heavy atom. The number of aryl methyl sites for hydroxylation is 2. The fourth-order valence-corrected chi connectivity index (χ4v) is 1.62. The summed E-state index contributed by atoms with van der Waals surface area (Å²) in [5, 5.41) is 0. The van der Waals surface area contributed by atoms with Gasteiger partial charge in [0, 0.05) is 6.20 Å². The molecule has 5 heteroatoms. The molecular formula is C13H14N2O3. The van der Waals surface area contributed by atoms with E-state index in [4.69, 9.17) is 9.15 Å². The normalized spacial score (nSPS) is 10.4. The van der Waals surface area contributed by atoms with Crippen LogP contribution in [-0.4, -0.2) is 22.5 Å². The van der Waals surface area contributed by atoms with Gasteiger partial charge in [0.25, 0.3) is 0 Å². The lowest BCUT2D eigenvalue weighted by molar-refractivity contribution is 0.0524. The first-order chi connectivity index (χ1) is 8.63. The van der Waals surface area contributed by atoms with Crippen LogP contribution in [0.15, 0.2) is 22.9 Å². The first-order valence-electron chi connectivity index (χ1n) is 5.68. The topological polar surface area (TPSA) is 65.2 Å². The zero-order chi connectivity index (χ0) is 13.1. The number of carbonyl (C=O) groups is 1. The number of furan rings is 1. The molecule has 0 saturated carbocycles. The molecule has 5 nitrogen and oxygen atoms in total. The van der Waals surface area contributed by atoms with Gasteiger partial charge in [-0.05, 0) is 26.8 Å². The summed E-state index contributed by atoms with van der Waals surface area (Å²) in [6, 6.07) is 1.80. The maximum Gasteiger partial charge on any atom is 0.341 e. The second kappa shape index (κ2) is 5.00. The van der Waals surface area contributed by atoms with Gasteiger partial charge in [-0.25, -0.2) is 14.8 Å². The van der Waals surface area contributed by atoms with Crippen molar-refractivity contribution >= 4 is 5.97 Å². The zero-order valence-corrected chi connectivity index (χ0v) is 10.6. The smallest absolute Gasteiger partial charge is 0.341 e. The number of rotatable bonds is 3. The van der Waals surface area contributed by atoms with Crippen LogP contribution in [0, 0.1) is 13.8 Å². The van der Waals surface area contributed by atoms with Crippen molar-refractivity contribution in [3.8, 4) is 11.4 Å². The molecule has 2 aromatic heterocycles. The Hall–Kier alpha value is -2.17. The van der Waals surface area contributed by atoms with Crippen molar-refractivity contribution in [1.82, 2.24) is 9.97 Å². The summed E-state index contributed by atoms with van der Waals surface area (Å²) in [6.45, 7) is 5.69. The van der Waals surface area contributed by atoms with E-state index in [1.807, 2.05) is 6.92 Å². The molecule has 0 atom stereocenters. The highest BCUT2D eigenvalue weighted by Crippen LogP contribution is 2.21. The van der Waals surface area contributed by atoms with Crippen molar-refractivity contribution < 1.29 is 13.9 Å². The maximum atomic E-state index is 11.6. The van der Waals surface area contributed by atoms with Gasteiger partial charge in [0.15, 0.2) is 5.82 Å². The van der Waals surface area contributed by atoms with Crippen molar-refractivity contribution in [3.63, 3.8) is 0 Å². The van der Waals surface area contributed by atoms with Crippen LogP contribution in [0.4, 0.5) is 0 Å². The quantitative estimate of drug-likeness (QED) is 0.778. The molecule has 0 saturated heterocycles. The maximum absolute atomic E-state index is 11.6. The molecule has 0 aliphatic carbocycles. The van der Waals surface area contributed by atoms with E-state index in [0.29, 0.717) is 23.7 Å². The number of hydrogen-bond acceptors (Lipinski definition) is 5. The molecule has 0 N–H and O–H groups in total. The van der Waals surface area contributed by atoms with E-state index in [0.717, 1.165) is 11.3 Å². The van der Waals surface area contributed by atoms with Crippen LogP contribution in [0.5, 0.6) is 0 Å². The van der Waals surface area contributed by atoms with Gasteiger partial charge in [-0.15, -0.1) is 0 Å². The monoisotopic (exact) mass is 246 g/mol. The van der Waals surface area contributed by atoms with Crippen molar-refractivity contribution in [2.45, 2.75) is 20.8 Å². The van der Waals surface area contributed by atoms with E-state index < -0.39 is 5.97 Å². The SMILES string of the molecule is CCOC(=O)c1cnc(-c2ccoc2C)nc1C. The molecule has 0 spiro atoms. The number of esters is 1. The Morgan fingerprint density at radius 3 is 2.78 bits per heavy atom. The first-order valence-corrected chi connectivity index (χ1v) is 5.68. The van der Waals surface area contributed by atoms with E-state index in [2.05, 4.69) is 9.97 Å². The summed E-state index contributed by atoms with van der Waals surface area (Å²) < 4.78 is 10.1. The molecule has 94 valence electrons. The molecule has 2 rings (SSSR count). The molecule has 0 fully saturated rings. The van der Waals surface area contributed by atoms with Crippen LogP contribution in [0.25, 0.3) is 11.4 Å². The van der Waals surface area contributed by atoms with E-state index >= 15 is 0 Å². The molecular weight excluding hydrogens is 232 g/mol. The molecule has 0 aliphatic rings. The minimum Gasteiger partial charge on any atom is -0.469 e. The van der Waals surface area contributed by atoms with Gasteiger partial charge in [0.2, 0.25) is 0 Å². The van der Waals surface area contributed by atoms with Gasteiger partial charge in [-0.3, -0.25) is 0 Å². The van der Waals surface area contributed by atoms with Crippen LogP contribution in [0.2, 0.25) is 0 Å². The largest absolute Gasteiger partial charge is 0.469 e.